The van der Waals surface area contributed by atoms with Gasteiger partial charge in [0.2, 0.25) is 0 Å². The smallest absolute Gasteiger partial charge is 0.251 e. The summed E-state index contributed by atoms with van der Waals surface area (Å²) in [5.74, 6) is -0.0259. The van der Waals surface area contributed by atoms with Crippen molar-refractivity contribution in [3.63, 3.8) is 0 Å². The highest BCUT2D eigenvalue weighted by molar-refractivity contribution is 5.95. The molecular formula is C14H21N3O. The molecule has 0 saturated carbocycles. The van der Waals surface area contributed by atoms with Crippen LogP contribution in [0.4, 0.5) is 5.69 Å². The minimum absolute atomic E-state index is 0.0259. The van der Waals surface area contributed by atoms with Gasteiger partial charge < -0.3 is 16.0 Å². The van der Waals surface area contributed by atoms with Gasteiger partial charge in [-0.2, -0.15) is 0 Å². The molecule has 0 aromatic heterocycles. The Balaban J connectivity index is 2.00. The lowest BCUT2D eigenvalue weighted by atomic mass is 10.0. The van der Waals surface area contributed by atoms with Crippen LogP contribution in [0.3, 0.4) is 0 Å². The molecule has 1 saturated heterocycles. The van der Waals surface area contributed by atoms with E-state index in [1.807, 2.05) is 19.1 Å². The first kappa shape index (κ1) is 12.9. The van der Waals surface area contributed by atoms with Crippen molar-refractivity contribution >= 4 is 11.6 Å². The molecule has 1 aromatic rings. The monoisotopic (exact) mass is 247 g/mol. The van der Waals surface area contributed by atoms with E-state index in [2.05, 4.69) is 17.3 Å². The van der Waals surface area contributed by atoms with Crippen LogP contribution in [0.2, 0.25) is 0 Å². The number of nitrogens with two attached hydrogens (primary N) is 1. The predicted molar refractivity (Wildman–Crippen MR) is 73.6 cm³/mol. The third kappa shape index (κ3) is 3.01. The quantitative estimate of drug-likeness (QED) is 0.777. The number of nitrogens with zero attached hydrogens (tertiary/aromatic N) is 1. The molecule has 0 radical (unpaired) electrons. The first-order valence-electron chi connectivity index (χ1n) is 6.42. The van der Waals surface area contributed by atoms with E-state index in [0.29, 0.717) is 11.3 Å². The van der Waals surface area contributed by atoms with Crippen molar-refractivity contribution in [3.8, 4) is 0 Å². The molecule has 1 heterocycles. The molecule has 1 atom stereocenters. The summed E-state index contributed by atoms with van der Waals surface area (Å²) in [6, 6.07) is 5.71. The van der Waals surface area contributed by atoms with Crippen molar-refractivity contribution < 1.29 is 4.79 Å². The fourth-order valence-corrected chi connectivity index (χ4v) is 2.33. The van der Waals surface area contributed by atoms with Crippen LogP contribution in [0.25, 0.3) is 0 Å². The topological polar surface area (TPSA) is 58.4 Å². The summed E-state index contributed by atoms with van der Waals surface area (Å²) in [7, 11) is 2.09. The second-order valence-electron chi connectivity index (χ2n) is 5.15. The fraction of sp³-hybridized carbons (Fsp3) is 0.500. The van der Waals surface area contributed by atoms with E-state index in [1.54, 1.807) is 6.07 Å². The molecule has 1 aromatic carbocycles. The second kappa shape index (κ2) is 5.40. The molecule has 1 amide bonds. The van der Waals surface area contributed by atoms with Gasteiger partial charge in [0.1, 0.15) is 0 Å². The summed E-state index contributed by atoms with van der Waals surface area (Å²) in [4.78, 5) is 14.3. The first-order chi connectivity index (χ1) is 8.56. The SMILES string of the molecule is Cc1ccc(C(=O)NC2CCCN(C)C2)cc1N. The number of carbonyl (C=O) groups is 1. The first-order valence-corrected chi connectivity index (χ1v) is 6.42. The third-order valence-electron chi connectivity index (χ3n) is 3.50. The second-order valence-corrected chi connectivity index (χ2v) is 5.15. The normalized spacial score (nSPS) is 20.7. The number of piperidine rings is 1. The Kier molecular flexibility index (Phi) is 3.87. The maximum atomic E-state index is 12.1. The van der Waals surface area contributed by atoms with Gasteiger partial charge in [0.15, 0.2) is 0 Å². The van der Waals surface area contributed by atoms with E-state index in [1.165, 1.54) is 0 Å². The number of anilines is 1. The van der Waals surface area contributed by atoms with Crippen LogP contribution in [-0.4, -0.2) is 37.0 Å². The number of benzene rings is 1. The summed E-state index contributed by atoms with van der Waals surface area (Å²) in [5, 5.41) is 3.08. The van der Waals surface area contributed by atoms with Crippen molar-refractivity contribution in [2.24, 2.45) is 0 Å². The Morgan fingerprint density at radius 3 is 2.94 bits per heavy atom. The fourth-order valence-electron chi connectivity index (χ4n) is 2.33. The molecule has 18 heavy (non-hydrogen) atoms. The zero-order valence-electron chi connectivity index (χ0n) is 11.1. The molecule has 0 spiro atoms. The Morgan fingerprint density at radius 1 is 1.50 bits per heavy atom. The van der Waals surface area contributed by atoms with Crippen LogP contribution in [0.1, 0.15) is 28.8 Å². The van der Waals surface area contributed by atoms with E-state index in [0.717, 1.165) is 31.5 Å². The maximum Gasteiger partial charge on any atom is 0.251 e. The molecule has 1 unspecified atom stereocenters. The molecular weight excluding hydrogens is 226 g/mol. The van der Waals surface area contributed by atoms with E-state index in [-0.39, 0.29) is 11.9 Å². The van der Waals surface area contributed by atoms with Gasteiger partial charge in [-0.15, -0.1) is 0 Å². The van der Waals surface area contributed by atoms with Crippen molar-refractivity contribution in [3.05, 3.63) is 29.3 Å². The number of likely N-dealkylation sites (tertiary alicyclic amines) is 1. The molecule has 1 aliphatic rings. The number of amides is 1. The Labute approximate surface area is 108 Å². The van der Waals surface area contributed by atoms with Gasteiger partial charge in [-0.3, -0.25) is 4.79 Å². The Morgan fingerprint density at radius 2 is 2.28 bits per heavy atom. The lowest BCUT2D eigenvalue weighted by molar-refractivity contribution is 0.0912. The van der Waals surface area contributed by atoms with Gasteiger partial charge in [-0.05, 0) is 51.1 Å². The van der Waals surface area contributed by atoms with Crippen molar-refractivity contribution in [2.75, 3.05) is 25.9 Å². The van der Waals surface area contributed by atoms with Crippen LogP contribution in [-0.2, 0) is 0 Å². The van der Waals surface area contributed by atoms with Gasteiger partial charge in [0.05, 0.1) is 0 Å². The molecule has 1 fully saturated rings. The van der Waals surface area contributed by atoms with Gasteiger partial charge in [-0.1, -0.05) is 6.07 Å². The van der Waals surface area contributed by atoms with E-state index >= 15 is 0 Å². The van der Waals surface area contributed by atoms with Crippen LogP contribution < -0.4 is 11.1 Å². The Bertz CT molecular complexity index is 445. The Hall–Kier alpha value is -1.55. The van der Waals surface area contributed by atoms with Crippen molar-refractivity contribution in [2.45, 2.75) is 25.8 Å². The molecule has 3 N–H and O–H groups in total. The highest BCUT2D eigenvalue weighted by Crippen LogP contribution is 2.14. The number of rotatable bonds is 2. The molecule has 2 rings (SSSR count). The molecule has 0 aliphatic carbocycles. The van der Waals surface area contributed by atoms with Gasteiger partial charge in [0, 0.05) is 23.8 Å². The van der Waals surface area contributed by atoms with Crippen molar-refractivity contribution in [1.82, 2.24) is 10.2 Å². The highest BCUT2D eigenvalue weighted by atomic mass is 16.1. The number of carbonyl (C=O) groups excluding carboxylic acids is 1. The summed E-state index contributed by atoms with van der Waals surface area (Å²) in [6.07, 6.45) is 2.19. The number of nitrogens with one attached hydrogen (secondary N) is 1. The molecule has 4 nitrogen and oxygen atoms in total. The van der Waals surface area contributed by atoms with Crippen LogP contribution >= 0.6 is 0 Å². The standard InChI is InChI=1S/C14H21N3O/c1-10-5-6-11(8-13(10)15)14(18)16-12-4-3-7-17(2)9-12/h5-6,8,12H,3-4,7,9,15H2,1-2H3,(H,16,18). The number of likely N-dealkylation sites (N-methyl/N-ethyl adjacent to an activating group) is 1. The summed E-state index contributed by atoms with van der Waals surface area (Å²) < 4.78 is 0. The zero-order chi connectivity index (χ0) is 13.1. The van der Waals surface area contributed by atoms with Gasteiger partial charge in [0.25, 0.3) is 5.91 Å². The van der Waals surface area contributed by atoms with Crippen LogP contribution in [0, 0.1) is 6.92 Å². The minimum Gasteiger partial charge on any atom is -0.398 e. The third-order valence-corrected chi connectivity index (χ3v) is 3.50. The van der Waals surface area contributed by atoms with Crippen LogP contribution in [0.15, 0.2) is 18.2 Å². The molecule has 0 bridgehead atoms. The number of hydrogen-bond acceptors (Lipinski definition) is 3. The maximum absolute atomic E-state index is 12.1. The average molecular weight is 247 g/mol. The van der Waals surface area contributed by atoms with Gasteiger partial charge >= 0.3 is 0 Å². The molecule has 98 valence electrons. The van der Waals surface area contributed by atoms with E-state index in [4.69, 9.17) is 5.73 Å². The summed E-state index contributed by atoms with van der Waals surface area (Å²) in [5.41, 5.74) is 8.14. The van der Waals surface area contributed by atoms with Gasteiger partial charge in [-0.25, -0.2) is 0 Å². The lowest BCUT2D eigenvalue weighted by Gasteiger charge is -2.30. The number of hydrogen-bond donors (Lipinski definition) is 2. The largest absolute Gasteiger partial charge is 0.398 e. The average Bonchev–Trinajstić information content (AvgIpc) is 2.32. The zero-order valence-corrected chi connectivity index (χ0v) is 11.1. The highest BCUT2D eigenvalue weighted by Gasteiger charge is 2.19. The van der Waals surface area contributed by atoms with E-state index < -0.39 is 0 Å². The summed E-state index contributed by atoms with van der Waals surface area (Å²) >= 11 is 0. The lowest BCUT2D eigenvalue weighted by Crippen LogP contribution is -2.46. The molecule has 4 heteroatoms. The van der Waals surface area contributed by atoms with Crippen molar-refractivity contribution in [1.29, 1.82) is 0 Å². The number of nitrogen functional groups attached to an aromatic ring is 1. The number of aryl methyl sites for hydroxylation is 1. The summed E-state index contributed by atoms with van der Waals surface area (Å²) in [6.45, 7) is 3.98. The van der Waals surface area contributed by atoms with Crippen LogP contribution in [0.5, 0.6) is 0 Å². The molecule has 1 aliphatic heterocycles. The predicted octanol–water partition coefficient (Wildman–Crippen LogP) is 1.40. The van der Waals surface area contributed by atoms with E-state index in [9.17, 15) is 4.79 Å². The minimum atomic E-state index is -0.0259.